The molecule has 172 valence electrons. The van der Waals surface area contributed by atoms with E-state index < -0.39 is 0 Å². The standard InChI is InChI=1S/C28H27N3O3/c1-17-10-11-20(14-18(17)2)25-15-23(22-8-6-7-9-24(22)30-25)28(32)31-29-16-21-12-13-26(33-4)19(3)27(21)34-5/h6-16H,1-5H3,(H,31,32). The summed E-state index contributed by atoms with van der Waals surface area (Å²) in [5.41, 5.74) is 9.59. The SMILES string of the molecule is COc1ccc(C=NNC(=O)c2cc(-c3ccc(C)c(C)c3)nc3ccccc23)c(OC)c1C. The van der Waals surface area contributed by atoms with E-state index in [1.165, 1.54) is 11.1 Å². The number of pyridine rings is 1. The molecule has 1 heterocycles. The zero-order chi connectivity index (χ0) is 24.2. The van der Waals surface area contributed by atoms with Gasteiger partial charge in [-0.1, -0.05) is 30.3 Å². The summed E-state index contributed by atoms with van der Waals surface area (Å²) in [4.78, 5) is 18.0. The van der Waals surface area contributed by atoms with E-state index in [0.29, 0.717) is 11.3 Å². The molecule has 0 saturated carbocycles. The van der Waals surface area contributed by atoms with Crippen molar-refractivity contribution in [3.63, 3.8) is 0 Å². The molecule has 1 aromatic heterocycles. The molecule has 0 bridgehead atoms. The maximum Gasteiger partial charge on any atom is 0.272 e. The number of para-hydroxylation sites is 1. The molecule has 0 radical (unpaired) electrons. The quantitative estimate of drug-likeness (QED) is 0.304. The number of aryl methyl sites for hydroxylation is 2. The third-order valence-electron chi connectivity index (χ3n) is 5.94. The fraction of sp³-hybridized carbons (Fsp3) is 0.179. The number of aromatic nitrogens is 1. The lowest BCUT2D eigenvalue weighted by atomic mass is 10.0. The zero-order valence-corrected chi connectivity index (χ0v) is 20.0. The van der Waals surface area contributed by atoms with E-state index in [9.17, 15) is 4.79 Å². The first-order chi connectivity index (χ1) is 16.4. The Morgan fingerprint density at radius 2 is 1.74 bits per heavy atom. The highest BCUT2D eigenvalue weighted by Crippen LogP contribution is 2.30. The van der Waals surface area contributed by atoms with Crippen LogP contribution in [0, 0.1) is 20.8 Å². The summed E-state index contributed by atoms with van der Waals surface area (Å²) in [7, 11) is 3.20. The number of nitrogens with one attached hydrogen (secondary N) is 1. The smallest absolute Gasteiger partial charge is 0.272 e. The number of carbonyl (C=O) groups excluding carboxylic acids is 1. The maximum atomic E-state index is 13.2. The minimum atomic E-state index is -0.316. The predicted molar refractivity (Wildman–Crippen MR) is 136 cm³/mol. The van der Waals surface area contributed by atoms with Crippen molar-refractivity contribution in [1.29, 1.82) is 0 Å². The molecular weight excluding hydrogens is 426 g/mol. The Morgan fingerprint density at radius 3 is 2.47 bits per heavy atom. The highest BCUT2D eigenvalue weighted by molar-refractivity contribution is 6.07. The van der Waals surface area contributed by atoms with Crippen LogP contribution < -0.4 is 14.9 Å². The molecule has 0 spiro atoms. The maximum absolute atomic E-state index is 13.2. The van der Waals surface area contributed by atoms with E-state index in [0.717, 1.165) is 39.0 Å². The summed E-state index contributed by atoms with van der Waals surface area (Å²) in [6.07, 6.45) is 1.57. The van der Waals surface area contributed by atoms with Crippen LogP contribution in [-0.2, 0) is 0 Å². The van der Waals surface area contributed by atoms with Crippen molar-refractivity contribution >= 4 is 23.0 Å². The van der Waals surface area contributed by atoms with Gasteiger partial charge in [0, 0.05) is 22.1 Å². The number of fused-ring (bicyclic) bond motifs is 1. The molecule has 6 nitrogen and oxygen atoms in total. The van der Waals surface area contributed by atoms with Crippen molar-refractivity contribution in [1.82, 2.24) is 10.4 Å². The minimum absolute atomic E-state index is 0.316. The van der Waals surface area contributed by atoms with E-state index in [2.05, 4.69) is 36.5 Å². The van der Waals surface area contributed by atoms with Crippen molar-refractivity contribution in [2.75, 3.05) is 14.2 Å². The fourth-order valence-electron chi connectivity index (χ4n) is 3.92. The summed E-state index contributed by atoms with van der Waals surface area (Å²) < 4.78 is 10.9. The number of amides is 1. The van der Waals surface area contributed by atoms with Crippen LogP contribution in [0.15, 0.2) is 65.8 Å². The van der Waals surface area contributed by atoms with Crippen molar-refractivity contribution in [2.24, 2.45) is 5.10 Å². The number of hydrogen-bond donors (Lipinski definition) is 1. The molecule has 4 aromatic rings. The van der Waals surface area contributed by atoms with Crippen molar-refractivity contribution < 1.29 is 14.3 Å². The first-order valence-electron chi connectivity index (χ1n) is 10.9. The van der Waals surface area contributed by atoms with Gasteiger partial charge in [0.15, 0.2) is 0 Å². The molecule has 0 saturated heterocycles. The Labute approximate surface area is 199 Å². The van der Waals surface area contributed by atoms with Gasteiger partial charge in [-0.2, -0.15) is 5.10 Å². The lowest BCUT2D eigenvalue weighted by Gasteiger charge is -2.12. The molecule has 6 heteroatoms. The lowest BCUT2D eigenvalue weighted by molar-refractivity contribution is 0.0956. The summed E-state index contributed by atoms with van der Waals surface area (Å²) in [6, 6.07) is 19.3. The summed E-state index contributed by atoms with van der Waals surface area (Å²) >= 11 is 0. The van der Waals surface area contributed by atoms with Gasteiger partial charge in [0.25, 0.3) is 5.91 Å². The number of hydrazone groups is 1. The van der Waals surface area contributed by atoms with Crippen LogP contribution in [0.1, 0.15) is 32.6 Å². The van der Waals surface area contributed by atoms with Gasteiger partial charge in [0.2, 0.25) is 0 Å². The number of rotatable bonds is 6. The third kappa shape index (κ3) is 4.48. The number of benzene rings is 3. The summed E-state index contributed by atoms with van der Waals surface area (Å²) in [6.45, 7) is 6.05. The average molecular weight is 454 g/mol. The molecule has 34 heavy (non-hydrogen) atoms. The topological polar surface area (TPSA) is 72.8 Å². The first-order valence-corrected chi connectivity index (χ1v) is 10.9. The number of methoxy groups -OCH3 is 2. The predicted octanol–water partition coefficient (Wildman–Crippen LogP) is 5.61. The Morgan fingerprint density at radius 1 is 0.941 bits per heavy atom. The van der Waals surface area contributed by atoms with Gasteiger partial charge < -0.3 is 9.47 Å². The Bertz CT molecular complexity index is 1410. The van der Waals surface area contributed by atoms with Crippen molar-refractivity contribution in [3.8, 4) is 22.8 Å². The van der Waals surface area contributed by atoms with Crippen LogP contribution in [0.5, 0.6) is 11.5 Å². The Hall–Kier alpha value is -4.19. The average Bonchev–Trinajstić information content (AvgIpc) is 2.85. The molecule has 1 amide bonds. The molecule has 1 N–H and O–H groups in total. The molecule has 0 fully saturated rings. The van der Waals surface area contributed by atoms with E-state index >= 15 is 0 Å². The van der Waals surface area contributed by atoms with Gasteiger partial charge in [0.1, 0.15) is 11.5 Å². The molecule has 0 aliphatic carbocycles. The monoisotopic (exact) mass is 453 g/mol. The lowest BCUT2D eigenvalue weighted by Crippen LogP contribution is -2.18. The van der Waals surface area contributed by atoms with E-state index in [4.69, 9.17) is 14.5 Å². The number of nitrogens with zero attached hydrogens (tertiary/aromatic N) is 2. The molecule has 0 aliphatic heterocycles. The van der Waals surface area contributed by atoms with Gasteiger partial charge in [0.05, 0.1) is 37.2 Å². The molecule has 0 aliphatic rings. The number of hydrogen-bond acceptors (Lipinski definition) is 5. The second-order valence-electron chi connectivity index (χ2n) is 8.09. The van der Waals surface area contributed by atoms with Crippen molar-refractivity contribution in [3.05, 3.63) is 88.5 Å². The number of carbonyl (C=O) groups is 1. The highest BCUT2D eigenvalue weighted by atomic mass is 16.5. The highest BCUT2D eigenvalue weighted by Gasteiger charge is 2.14. The Balaban J connectivity index is 1.68. The second-order valence-corrected chi connectivity index (χ2v) is 8.09. The van der Waals surface area contributed by atoms with E-state index in [1.807, 2.05) is 55.5 Å². The van der Waals surface area contributed by atoms with Gasteiger partial charge >= 0.3 is 0 Å². The summed E-state index contributed by atoms with van der Waals surface area (Å²) in [5, 5.41) is 4.96. The summed E-state index contributed by atoms with van der Waals surface area (Å²) in [5.74, 6) is 1.05. The van der Waals surface area contributed by atoms with Crippen LogP contribution in [0.3, 0.4) is 0 Å². The van der Waals surface area contributed by atoms with Gasteiger partial charge in [-0.3, -0.25) is 4.79 Å². The number of ether oxygens (including phenoxy) is 2. The second kappa shape index (κ2) is 9.75. The molecular formula is C28H27N3O3. The van der Waals surface area contributed by atoms with Crippen LogP contribution in [0.25, 0.3) is 22.2 Å². The van der Waals surface area contributed by atoms with Gasteiger partial charge in [-0.15, -0.1) is 0 Å². The largest absolute Gasteiger partial charge is 0.496 e. The van der Waals surface area contributed by atoms with Crippen LogP contribution in [-0.4, -0.2) is 31.3 Å². The van der Waals surface area contributed by atoms with Gasteiger partial charge in [-0.25, -0.2) is 10.4 Å². The van der Waals surface area contributed by atoms with Crippen LogP contribution in [0.2, 0.25) is 0 Å². The van der Waals surface area contributed by atoms with Crippen molar-refractivity contribution in [2.45, 2.75) is 20.8 Å². The minimum Gasteiger partial charge on any atom is -0.496 e. The first kappa shape index (κ1) is 23.0. The zero-order valence-electron chi connectivity index (χ0n) is 20.0. The van der Waals surface area contributed by atoms with E-state index in [-0.39, 0.29) is 5.91 Å². The normalized spacial score (nSPS) is 11.1. The van der Waals surface area contributed by atoms with E-state index in [1.54, 1.807) is 20.4 Å². The third-order valence-corrected chi connectivity index (χ3v) is 5.94. The van der Waals surface area contributed by atoms with Gasteiger partial charge in [-0.05, 0) is 62.2 Å². The molecule has 0 atom stereocenters. The van der Waals surface area contributed by atoms with Crippen LogP contribution >= 0.6 is 0 Å². The Kier molecular flexibility index (Phi) is 6.59. The molecule has 4 rings (SSSR count). The molecule has 0 unspecified atom stereocenters. The van der Waals surface area contributed by atoms with Crippen LogP contribution in [0.4, 0.5) is 0 Å². The fourth-order valence-corrected chi connectivity index (χ4v) is 3.92. The molecule has 3 aromatic carbocycles.